The van der Waals surface area contributed by atoms with E-state index >= 15 is 0 Å². The first-order chi connectivity index (χ1) is 20.8. The van der Waals surface area contributed by atoms with Crippen molar-refractivity contribution in [3.63, 3.8) is 0 Å². The van der Waals surface area contributed by atoms with Gasteiger partial charge in [0.2, 0.25) is 0 Å². The fourth-order valence-corrected chi connectivity index (χ4v) is 7.43. The molecule has 0 unspecified atom stereocenters. The molecule has 4 aromatic carbocycles. The topological polar surface area (TPSA) is 67.9 Å². The van der Waals surface area contributed by atoms with Crippen LogP contribution in [0.15, 0.2) is 66.7 Å². The van der Waals surface area contributed by atoms with Crippen molar-refractivity contribution in [1.82, 2.24) is 0 Å². The first kappa shape index (κ1) is 29.1. The molecule has 0 amide bonds. The highest BCUT2D eigenvalue weighted by Crippen LogP contribution is 2.44. The number of anilines is 2. The number of nitrogens with one attached hydrogen (secondary N) is 1. The summed E-state index contributed by atoms with van der Waals surface area (Å²) < 4.78 is 10.4. The largest absolute Gasteiger partial charge is 0.468 e. The van der Waals surface area contributed by atoms with Gasteiger partial charge in [0, 0.05) is 42.0 Å². The number of rotatable bonds is 8. The van der Waals surface area contributed by atoms with Crippen LogP contribution < -0.4 is 15.5 Å². The molecular formula is C35H36BClN2O4. The van der Waals surface area contributed by atoms with E-state index in [2.05, 4.69) is 84.5 Å². The molecule has 0 radical (unpaired) electrons. The monoisotopic (exact) mass is 594 g/mol. The molecule has 43 heavy (non-hydrogen) atoms. The lowest BCUT2D eigenvalue weighted by Gasteiger charge is -2.40. The van der Waals surface area contributed by atoms with Gasteiger partial charge >= 0.3 is 18.9 Å². The van der Waals surface area contributed by atoms with Crippen molar-refractivity contribution in [3.8, 4) is 0 Å². The summed E-state index contributed by atoms with van der Waals surface area (Å²) in [5.74, 6) is -0.572. The van der Waals surface area contributed by atoms with Gasteiger partial charge in [-0.3, -0.25) is 9.59 Å². The van der Waals surface area contributed by atoms with Gasteiger partial charge in [0.15, 0.2) is 5.41 Å². The van der Waals surface area contributed by atoms with Crippen LogP contribution in [0.3, 0.4) is 0 Å². The molecule has 2 aliphatic rings. The highest BCUT2D eigenvalue weighted by atomic mass is 35.5. The van der Waals surface area contributed by atoms with Gasteiger partial charge in [0.25, 0.3) is 0 Å². The van der Waals surface area contributed by atoms with E-state index in [1.165, 1.54) is 47.3 Å². The van der Waals surface area contributed by atoms with Gasteiger partial charge in [-0.15, -0.1) is 11.6 Å². The Morgan fingerprint density at radius 2 is 1.56 bits per heavy atom. The summed E-state index contributed by atoms with van der Waals surface area (Å²) in [4.78, 5) is 28.9. The minimum atomic E-state index is -1.40. The average Bonchev–Trinajstić information content (AvgIpc) is 3.46. The summed E-state index contributed by atoms with van der Waals surface area (Å²) in [5.41, 5.74) is 8.70. The Kier molecular flexibility index (Phi) is 7.86. The maximum Gasteiger partial charge on any atom is 0.409 e. The zero-order valence-corrected chi connectivity index (χ0v) is 25.9. The van der Waals surface area contributed by atoms with Gasteiger partial charge in [-0.1, -0.05) is 54.6 Å². The molecule has 0 aromatic heterocycles. The van der Waals surface area contributed by atoms with Crippen LogP contribution >= 0.6 is 11.6 Å². The molecule has 0 bridgehead atoms. The van der Waals surface area contributed by atoms with Crippen LogP contribution in [0.2, 0.25) is 0 Å². The van der Waals surface area contributed by atoms with E-state index in [0.29, 0.717) is 12.4 Å². The number of esters is 2. The molecule has 1 heterocycles. The molecule has 0 spiro atoms. The van der Waals surface area contributed by atoms with Crippen molar-refractivity contribution in [2.75, 3.05) is 30.1 Å². The Morgan fingerprint density at radius 1 is 0.907 bits per heavy atom. The lowest BCUT2D eigenvalue weighted by Crippen LogP contribution is -2.58. The second kappa shape index (κ2) is 11.6. The number of ether oxygens (including phenoxy) is 2. The van der Waals surface area contributed by atoms with Crippen molar-refractivity contribution < 1.29 is 19.1 Å². The first-order valence-corrected chi connectivity index (χ1v) is 15.3. The van der Waals surface area contributed by atoms with Crippen LogP contribution in [-0.2, 0) is 44.9 Å². The van der Waals surface area contributed by atoms with E-state index < -0.39 is 17.4 Å². The third kappa shape index (κ3) is 4.74. The Hall–Kier alpha value is -3.97. The maximum absolute atomic E-state index is 13.2. The van der Waals surface area contributed by atoms with Crippen LogP contribution in [0, 0.1) is 19.3 Å². The minimum Gasteiger partial charge on any atom is -0.468 e. The average molecular weight is 595 g/mol. The third-order valence-electron chi connectivity index (χ3n) is 9.39. The second-order valence-corrected chi connectivity index (χ2v) is 12.0. The standard InChI is InChI=1S/C35H36BClN2O4/c1-22-26(15-10-18-37)32(23(2)28-20-35(19-27(22)28,33(40)42-3)34(41)43-4)36-38-29-16-8-13-25-14-9-17-30(31(25)29)39(36)21-24-11-6-5-7-12-24/h5-9,11-14,16-17,38H,10,15,18-21H2,1-4H3. The maximum atomic E-state index is 13.2. The van der Waals surface area contributed by atoms with Crippen molar-refractivity contribution in [1.29, 1.82) is 0 Å². The van der Waals surface area contributed by atoms with Crippen LogP contribution in [0.1, 0.15) is 39.8 Å². The van der Waals surface area contributed by atoms with Gasteiger partial charge in [-0.25, -0.2) is 0 Å². The Balaban J connectivity index is 1.58. The van der Waals surface area contributed by atoms with Gasteiger partial charge in [-0.05, 0) is 83.1 Å². The number of halogens is 1. The van der Waals surface area contributed by atoms with Crippen LogP contribution in [0.25, 0.3) is 10.8 Å². The molecule has 0 saturated heterocycles. The number of carbonyl (C=O) groups excluding carboxylic acids is 2. The summed E-state index contributed by atoms with van der Waals surface area (Å²) in [6.07, 6.45) is 2.10. The van der Waals surface area contributed by atoms with E-state index in [0.717, 1.165) is 40.8 Å². The van der Waals surface area contributed by atoms with Crippen molar-refractivity contribution in [2.24, 2.45) is 5.41 Å². The number of benzene rings is 4. The smallest absolute Gasteiger partial charge is 0.409 e. The molecule has 4 aromatic rings. The zero-order chi connectivity index (χ0) is 30.3. The first-order valence-electron chi connectivity index (χ1n) is 14.8. The predicted octanol–water partition coefficient (Wildman–Crippen LogP) is 5.89. The Labute approximate surface area is 258 Å². The van der Waals surface area contributed by atoms with E-state index in [-0.39, 0.29) is 19.8 Å². The molecule has 0 fully saturated rings. The molecule has 1 N–H and O–H groups in total. The summed E-state index contributed by atoms with van der Waals surface area (Å²) in [6, 6.07) is 23.4. The SMILES string of the molecule is COC(=O)C1(C(=O)OC)Cc2c(C)c(CCCCl)c(B3Nc4cccc5cccc(c45)N3Cc3ccccc3)c(C)c2C1. The summed E-state index contributed by atoms with van der Waals surface area (Å²) in [5, 5.41) is 6.31. The number of methoxy groups -OCH3 is 2. The number of alkyl halides is 1. The van der Waals surface area contributed by atoms with Crippen molar-refractivity contribution in [2.45, 2.75) is 46.1 Å². The number of nitrogens with zero attached hydrogens (tertiary/aromatic N) is 1. The fourth-order valence-electron chi connectivity index (χ4n) is 7.30. The van der Waals surface area contributed by atoms with E-state index in [4.69, 9.17) is 21.1 Å². The zero-order valence-electron chi connectivity index (χ0n) is 25.1. The summed E-state index contributed by atoms with van der Waals surface area (Å²) in [6.45, 7) is 4.76. The number of hydrogen-bond acceptors (Lipinski definition) is 6. The van der Waals surface area contributed by atoms with E-state index in [1.54, 1.807) is 0 Å². The lowest BCUT2D eigenvalue weighted by molar-refractivity contribution is -0.168. The molecular weight excluding hydrogens is 559 g/mol. The van der Waals surface area contributed by atoms with Crippen LogP contribution in [0.4, 0.5) is 11.4 Å². The van der Waals surface area contributed by atoms with Crippen molar-refractivity contribution in [3.05, 3.63) is 100 Å². The highest BCUT2D eigenvalue weighted by Gasteiger charge is 2.54. The van der Waals surface area contributed by atoms with Crippen molar-refractivity contribution >= 4 is 58.1 Å². The number of fused-ring (bicyclic) bond motifs is 1. The molecule has 6 nitrogen and oxygen atoms in total. The molecule has 220 valence electrons. The quantitative estimate of drug-likeness (QED) is 0.119. The number of hydrogen-bond donors (Lipinski definition) is 1. The Bertz CT molecular complexity index is 1700. The summed E-state index contributed by atoms with van der Waals surface area (Å²) >= 11 is 6.27. The second-order valence-electron chi connectivity index (χ2n) is 11.7. The lowest BCUT2D eigenvalue weighted by atomic mass is 9.58. The van der Waals surface area contributed by atoms with Crippen LogP contribution in [0.5, 0.6) is 0 Å². The van der Waals surface area contributed by atoms with E-state index in [9.17, 15) is 9.59 Å². The van der Waals surface area contributed by atoms with Gasteiger partial charge < -0.3 is 19.5 Å². The Morgan fingerprint density at radius 3 is 2.21 bits per heavy atom. The minimum absolute atomic E-state index is 0.193. The highest BCUT2D eigenvalue weighted by molar-refractivity contribution is 6.81. The normalized spacial score (nSPS) is 14.8. The van der Waals surface area contributed by atoms with Gasteiger partial charge in [0.05, 0.1) is 14.2 Å². The molecule has 1 aliphatic carbocycles. The van der Waals surface area contributed by atoms with Crippen LogP contribution in [-0.4, -0.2) is 39.0 Å². The summed E-state index contributed by atoms with van der Waals surface area (Å²) in [7, 11) is 2.66. The van der Waals surface area contributed by atoms with Gasteiger partial charge in [0.1, 0.15) is 0 Å². The number of carbonyl (C=O) groups is 2. The predicted molar refractivity (Wildman–Crippen MR) is 174 cm³/mol. The molecule has 0 saturated carbocycles. The molecule has 0 atom stereocenters. The molecule has 6 rings (SSSR count). The third-order valence-corrected chi connectivity index (χ3v) is 9.65. The molecule has 1 aliphatic heterocycles. The van der Waals surface area contributed by atoms with E-state index in [1.807, 2.05) is 6.07 Å². The fraction of sp³-hybridized carbons (Fsp3) is 0.314. The molecule has 8 heteroatoms. The van der Waals surface area contributed by atoms with Gasteiger partial charge in [-0.2, -0.15) is 0 Å².